The highest BCUT2D eigenvalue weighted by Gasteiger charge is 2.12. The first-order chi connectivity index (χ1) is 15.0. The Morgan fingerprint density at radius 3 is 2.65 bits per heavy atom. The lowest BCUT2D eigenvalue weighted by Gasteiger charge is -2.13. The zero-order chi connectivity index (χ0) is 21.8. The summed E-state index contributed by atoms with van der Waals surface area (Å²) in [7, 11) is 0. The van der Waals surface area contributed by atoms with Crippen LogP contribution in [0, 0.1) is 0 Å². The van der Waals surface area contributed by atoms with Crippen molar-refractivity contribution < 1.29 is 9.59 Å². The average molecular weight is 433 g/mol. The second kappa shape index (κ2) is 8.84. The van der Waals surface area contributed by atoms with Gasteiger partial charge in [-0.1, -0.05) is 30.3 Å². The predicted molar refractivity (Wildman–Crippen MR) is 117 cm³/mol. The quantitative estimate of drug-likeness (QED) is 0.482. The van der Waals surface area contributed by atoms with Crippen LogP contribution in [0.4, 0.5) is 5.13 Å². The third-order valence-electron chi connectivity index (χ3n) is 4.57. The molecule has 2 aromatic heterocycles. The van der Waals surface area contributed by atoms with Crippen molar-refractivity contribution in [2.75, 3.05) is 5.32 Å². The first-order valence-electron chi connectivity index (χ1n) is 9.47. The maximum absolute atomic E-state index is 12.6. The van der Waals surface area contributed by atoms with Crippen molar-refractivity contribution in [3.8, 4) is 16.9 Å². The summed E-state index contributed by atoms with van der Waals surface area (Å²) < 4.78 is 1.48. The van der Waals surface area contributed by atoms with E-state index in [1.807, 2.05) is 42.6 Å². The Bertz CT molecular complexity index is 1200. The van der Waals surface area contributed by atoms with Crippen molar-refractivity contribution in [3.05, 3.63) is 71.4 Å². The van der Waals surface area contributed by atoms with Gasteiger partial charge in [0.1, 0.15) is 6.33 Å². The van der Waals surface area contributed by atoms with Crippen LogP contribution in [0.3, 0.4) is 0 Å². The molecule has 0 aliphatic carbocycles. The topological polar surface area (TPSA) is 115 Å². The lowest BCUT2D eigenvalue weighted by atomic mass is 10.1. The van der Waals surface area contributed by atoms with Crippen molar-refractivity contribution >= 4 is 28.3 Å². The summed E-state index contributed by atoms with van der Waals surface area (Å²) in [4.78, 5) is 28.4. The molecule has 2 amide bonds. The summed E-state index contributed by atoms with van der Waals surface area (Å²) in [5, 5.41) is 19.1. The number of benzene rings is 2. The van der Waals surface area contributed by atoms with Gasteiger partial charge in [-0.15, -0.1) is 16.4 Å². The van der Waals surface area contributed by atoms with Crippen molar-refractivity contribution in [3.63, 3.8) is 0 Å². The standard InChI is InChI=1S/C21H19N7O2S/c1-13(23-14(2)29)15-6-8-16(9-7-15)19-11-31-21(24-19)25-20(30)17-4-3-5-18(10-17)28-12-22-26-27-28/h3-13H,1-2H3,(H,23,29)(H,24,25,30). The molecule has 0 bridgehead atoms. The molecule has 4 aromatic rings. The van der Waals surface area contributed by atoms with Crippen LogP contribution < -0.4 is 10.6 Å². The number of tetrazole rings is 1. The first-order valence-corrected chi connectivity index (χ1v) is 10.4. The van der Waals surface area contributed by atoms with Crippen LogP contribution in [0.1, 0.15) is 35.8 Å². The van der Waals surface area contributed by atoms with E-state index in [9.17, 15) is 9.59 Å². The van der Waals surface area contributed by atoms with Crippen LogP contribution in [0.2, 0.25) is 0 Å². The molecule has 2 heterocycles. The Balaban J connectivity index is 1.45. The summed E-state index contributed by atoms with van der Waals surface area (Å²) in [6, 6.07) is 14.7. The molecule has 31 heavy (non-hydrogen) atoms. The lowest BCUT2D eigenvalue weighted by molar-refractivity contribution is -0.119. The van der Waals surface area contributed by atoms with Crippen LogP contribution in [-0.2, 0) is 4.79 Å². The highest BCUT2D eigenvalue weighted by molar-refractivity contribution is 7.14. The van der Waals surface area contributed by atoms with E-state index in [2.05, 4.69) is 31.1 Å². The second-order valence-corrected chi connectivity index (χ2v) is 7.70. The zero-order valence-electron chi connectivity index (χ0n) is 16.8. The van der Waals surface area contributed by atoms with Gasteiger partial charge in [-0.3, -0.25) is 14.9 Å². The van der Waals surface area contributed by atoms with E-state index in [4.69, 9.17) is 0 Å². The van der Waals surface area contributed by atoms with E-state index in [-0.39, 0.29) is 17.9 Å². The number of rotatable bonds is 6. The van der Waals surface area contributed by atoms with Crippen molar-refractivity contribution in [1.29, 1.82) is 0 Å². The minimum absolute atomic E-state index is 0.0686. The fourth-order valence-electron chi connectivity index (χ4n) is 3.03. The normalized spacial score (nSPS) is 11.7. The summed E-state index contributed by atoms with van der Waals surface area (Å²) in [6.45, 7) is 3.43. The van der Waals surface area contributed by atoms with Gasteiger partial charge in [0.2, 0.25) is 5.91 Å². The Kier molecular flexibility index (Phi) is 5.80. The zero-order valence-corrected chi connectivity index (χ0v) is 17.6. The highest BCUT2D eigenvalue weighted by atomic mass is 32.1. The molecule has 2 aromatic carbocycles. The number of anilines is 1. The predicted octanol–water partition coefficient (Wildman–Crippen LogP) is 3.24. The molecule has 156 valence electrons. The highest BCUT2D eigenvalue weighted by Crippen LogP contribution is 2.26. The van der Waals surface area contributed by atoms with Gasteiger partial charge in [0.15, 0.2) is 5.13 Å². The number of aromatic nitrogens is 5. The van der Waals surface area contributed by atoms with E-state index in [1.54, 1.807) is 18.2 Å². The SMILES string of the molecule is CC(=O)NC(C)c1ccc(-c2csc(NC(=O)c3cccc(-n4cnnn4)c3)n2)cc1. The van der Waals surface area contributed by atoms with E-state index < -0.39 is 0 Å². The number of amides is 2. The Morgan fingerprint density at radius 2 is 1.94 bits per heavy atom. The average Bonchev–Trinajstić information content (AvgIpc) is 3.46. The molecule has 0 spiro atoms. The van der Waals surface area contributed by atoms with Crippen LogP contribution in [0.25, 0.3) is 16.9 Å². The van der Waals surface area contributed by atoms with E-state index in [1.165, 1.54) is 29.3 Å². The number of carbonyl (C=O) groups is 2. The smallest absolute Gasteiger partial charge is 0.257 e. The van der Waals surface area contributed by atoms with Gasteiger partial charge in [0, 0.05) is 23.4 Å². The van der Waals surface area contributed by atoms with Gasteiger partial charge in [0.05, 0.1) is 17.4 Å². The van der Waals surface area contributed by atoms with Crippen LogP contribution in [0.5, 0.6) is 0 Å². The van der Waals surface area contributed by atoms with Crippen molar-refractivity contribution in [2.45, 2.75) is 19.9 Å². The molecule has 0 radical (unpaired) electrons. The maximum Gasteiger partial charge on any atom is 0.257 e. The molecule has 2 N–H and O–H groups in total. The van der Waals surface area contributed by atoms with E-state index in [0.29, 0.717) is 16.4 Å². The van der Waals surface area contributed by atoms with E-state index >= 15 is 0 Å². The Hall–Kier alpha value is -3.92. The maximum atomic E-state index is 12.6. The molecule has 1 unspecified atom stereocenters. The molecule has 1 atom stereocenters. The van der Waals surface area contributed by atoms with Gasteiger partial charge in [-0.25, -0.2) is 9.67 Å². The molecule has 9 nitrogen and oxygen atoms in total. The summed E-state index contributed by atoms with van der Waals surface area (Å²) >= 11 is 1.35. The monoisotopic (exact) mass is 433 g/mol. The molecule has 0 fully saturated rings. The Morgan fingerprint density at radius 1 is 1.13 bits per heavy atom. The van der Waals surface area contributed by atoms with Crippen LogP contribution in [0.15, 0.2) is 60.2 Å². The molecule has 0 saturated heterocycles. The fraction of sp³-hybridized carbons (Fsp3) is 0.143. The number of hydrogen-bond donors (Lipinski definition) is 2. The summed E-state index contributed by atoms with van der Waals surface area (Å²) in [5.41, 5.74) is 3.86. The molecular weight excluding hydrogens is 414 g/mol. The Labute approximate surface area is 182 Å². The van der Waals surface area contributed by atoms with Gasteiger partial charge < -0.3 is 5.32 Å². The van der Waals surface area contributed by atoms with Crippen molar-refractivity contribution in [1.82, 2.24) is 30.5 Å². The largest absolute Gasteiger partial charge is 0.350 e. The molecule has 0 aliphatic heterocycles. The summed E-state index contributed by atoms with van der Waals surface area (Å²) in [5.74, 6) is -0.338. The van der Waals surface area contributed by atoms with Crippen molar-refractivity contribution in [2.24, 2.45) is 0 Å². The molecule has 0 aliphatic rings. The number of thiazole rings is 1. The molecule has 0 saturated carbocycles. The third kappa shape index (κ3) is 4.81. The minimum Gasteiger partial charge on any atom is -0.350 e. The molecule has 4 rings (SSSR count). The van der Waals surface area contributed by atoms with Gasteiger partial charge in [-0.05, 0) is 41.1 Å². The fourth-order valence-corrected chi connectivity index (χ4v) is 3.75. The van der Waals surface area contributed by atoms with Crippen LogP contribution >= 0.6 is 11.3 Å². The van der Waals surface area contributed by atoms with Gasteiger partial charge in [0.25, 0.3) is 5.91 Å². The third-order valence-corrected chi connectivity index (χ3v) is 5.33. The summed E-state index contributed by atoms with van der Waals surface area (Å²) in [6.07, 6.45) is 1.46. The second-order valence-electron chi connectivity index (χ2n) is 6.84. The first kappa shape index (κ1) is 20.4. The number of hydrogen-bond acceptors (Lipinski definition) is 7. The minimum atomic E-state index is -0.268. The number of nitrogens with one attached hydrogen (secondary N) is 2. The molecular formula is C21H19N7O2S. The van der Waals surface area contributed by atoms with Gasteiger partial charge >= 0.3 is 0 Å². The lowest BCUT2D eigenvalue weighted by Crippen LogP contribution is -2.23. The molecule has 10 heteroatoms. The van der Waals surface area contributed by atoms with Crippen LogP contribution in [-0.4, -0.2) is 37.0 Å². The van der Waals surface area contributed by atoms with E-state index in [0.717, 1.165) is 16.8 Å². The van der Waals surface area contributed by atoms with Gasteiger partial charge in [-0.2, -0.15) is 0 Å². The number of nitrogens with zero attached hydrogens (tertiary/aromatic N) is 5. The number of carbonyl (C=O) groups excluding carboxylic acids is 2.